The van der Waals surface area contributed by atoms with Gasteiger partial charge in [-0.3, -0.25) is 0 Å². The summed E-state index contributed by atoms with van der Waals surface area (Å²) in [6, 6.07) is 17.4. The molecular formula is C17H19F. The average molecular weight is 242 g/mol. The van der Waals surface area contributed by atoms with Gasteiger partial charge in [0.2, 0.25) is 0 Å². The summed E-state index contributed by atoms with van der Waals surface area (Å²) >= 11 is 0. The third-order valence-electron chi connectivity index (χ3n) is 3.60. The molecule has 0 aliphatic rings. The third-order valence-corrected chi connectivity index (χ3v) is 3.60. The maximum atomic E-state index is 13.0. The molecule has 18 heavy (non-hydrogen) atoms. The third kappa shape index (κ3) is 2.79. The quantitative estimate of drug-likeness (QED) is 0.707. The minimum Gasteiger partial charge on any atom is -0.207 e. The Morgan fingerprint density at radius 3 is 2.00 bits per heavy atom. The Labute approximate surface area is 108 Å². The minimum absolute atomic E-state index is 0.172. The lowest BCUT2D eigenvalue weighted by molar-refractivity contribution is 0.495. The van der Waals surface area contributed by atoms with Crippen molar-refractivity contribution in [2.24, 2.45) is 5.92 Å². The lowest BCUT2D eigenvalue weighted by atomic mass is 9.80. The van der Waals surface area contributed by atoms with Gasteiger partial charge in [0.25, 0.3) is 0 Å². The lowest BCUT2D eigenvalue weighted by Crippen LogP contribution is -2.10. The number of halogens is 1. The Kier molecular flexibility index (Phi) is 4.14. The van der Waals surface area contributed by atoms with Crippen LogP contribution >= 0.6 is 0 Å². The van der Waals surface area contributed by atoms with Gasteiger partial charge in [-0.05, 0) is 29.2 Å². The molecule has 2 aromatic carbocycles. The van der Waals surface area contributed by atoms with Crippen LogP contribution in [-0.2, 0) is 0 Å². The zero-order valence-electron chi connectivity index (χ0n) is 10.9. The van der Waals surface area contributed by atoms with Crippen molar-refractivity contribution in [2.45, 2.75) is 26.2 Å². The molecule has 0 spiro atoms. The molecule has 0 saturated heterocycles. The first kappa shape index (κ1) is 12.8. The van der Waals surface area contributed by atoms with Crippen LogP contribution in [0.3, 0.4) is 0 Å². The van der Waals surface area contributed by atoms with Gasteiger partial charge in [0.05, 0.1) is 0 Å². The predicted molar refractivity (Wildman–Crippen MR) is 74.1 cm³/mol. The van der Waals surface area contributed by atoms with Crippen molar-refractivity contribution >= 4 is 0 Å². The molecule has 0 bridgehead atoms. The molecule has 2 atom stereocenters. The highest BCUT2D eigenvalue weighted by Gasteiger charge is 2.19. The molecule has 1 heteroatoms. The molecular weight excluding hydrogens is 223 g/mol. The van der Waals surface area contributed by atoms with E-state index in [-0.39, 0.29) is 5.82 Å². The largest absolute Gasteiger partial charge is 0.207 e. The molecule has 0 aliphatic heterocycles. The van der Waals surface area contributed by atoms with Crippen LogP contribution in [0.5, 0.6) is 0 Å². The molecule has 2 aromatic rings. The molecule has 0 heterocycles. The molecule has 0 saturated carbocycles. The van der Waals surface area contributed by atoms with E-state index in [1.54, 1.807) is 12.1 Å². The fraction of sp³-hybridized carbons (Fsp3) is 0.294. The van der Waals surface area contributed by atoms with Gasteiger partial charge >= 0.3 is 0 Å². The Hall–Kier alpha value is -1.63. The van der Waals surface area contributed by atoms with Crippen LogP contribution in [0, 0.1) is 11.7 Å². The summed E-state index contributed by atoms with van der Waals surface area (Å²) in [7, 11) is 0. The van der Waals surface area contributed by atoms with Crippen molar-refractivity contribution in [3.05, 3.63) is 71.5 Å². The van der Waals surface area contributed by atoms with Gasteiger partial charge in [0.15, 0.2) is 0 Å². The second-order valence-corrected chi connectivity index (χ2v) is 4.83. The second-order valence-electron chi connectivity index (χ2n) is 4.83. The topological polar surface area (TPSA) is 0 Å². The van der Waals surface area contributed by atoms with Gasteiger partial charge in [-0.2, -0.15) is 0 Å². The molecule has 0 radical (unpaired) electrons. The van der Waals surface area contributed by atoms with Crippen LogP contribution < -0.4 is 0 Å². The predicted octanol–water partition coefficient (Wildman–Crippen LogP) is 5.00. The molecule has 0 N–H and O–H groups in total. The highest BCUT2D eigenvalue weighted by molar-refractivity contribution is 5.33. The summed E-state index contributed by atoms with van der Waals surface area (Å²) in [5.74, 6) is 0.712. The number of hydrogen-bond acceptors (Lipinski definition) is 0. The van der Waals surface area contributed by atoms with E-state index in [9.17, 15) is 4.39 Å². The molecule has 0 amide bonds. The van der Waals surface area contributed by atoms with Gasteiger partial charge in [0.1, 0.15) is 5.82 Å². The second kappa shape index (κ2) is 5.81. The average Bonchev–Trinajstić information content (AvgIpc) is 2.42. The SMILES string of the molecule is CCC(C)C(c1ccccc1)c1ccc(F)cc1. The van der Waals surface area contributed by atoms with Gasteiger partial charge in [0, 0.05) is 5.92 Å². The minimum atomic E-state index is -0.172. The molecule has 0 aromatic heterocycles. The molecule has 0 nitrogen and oxygen atoms in total. The maximum absolute atomic E-state index is 13.0. The first-order valence-corrected chi connectivity index (χ1v) is 6.52. The standard InChI is InChI=1S/C17H19F/c1-3-13(2)17(14-7-5-4-6-8-14)15-9-11-16(18)12-10-15/h4-13,17H,3H2,1-2H3. The number of hydrogen-bond donors (Lipinski definition) is 0. The van der Waals surface area contributed by atoms with E-state index in [1.807, 2.05) is 18.2 Å². The van der Waals surface area contributed by atoms with Gasteiger partial charge < -0.3 is 0 Å². The normalized spacial score (nSPS) is 14.2. The van der Waals surface area contributed by atoms with Gasteiger partial charge in [-0.25, -0.2) is 4.39 Å². The smallest absolute Gasteiger partial charge is 0.123 e. The van der Waals surface area contributed by atoms with Crippen molar-refractivity contribution in [1.29, 1.82) is 0 Å². The van der Waals surface area contributed by atoms with Gasteiger partial charge in [-0.1, -0.05) is 62.7 Å². The molecule has 0 fully saturated rings. The van der Waals surface area contributed by atoms with Crippen molar-refractivity contribution < 1.29 is 4.39 Å². The number of benzene rings is 2. The maximum Gasteiger partial charge on any atom is 0.123 e. The van der Waals surface area contributed by atoms with Crippen LogP contribution in [0.2, 0.25) is 0 Å². The fourth-order valence-electron chi connectivity index (χ4n) is 2.42. The molecule has 2 unspecified atom stereocenters. The summed E-state index contributed by atoms with van der Waals surface area (Å²) in [5.41, 5.74) is 2.50. The number of rotatable bonds is 4. The van der Waals surface area contributed by atoms with Crippen LogP contribution in [0.4, 0.5) is 4.39 Å². The fourth-order valence-corrected chi connectivity index (χ4v) is 2.42. The van der Waals surface area contributed by atoms with E-state index in [1.165, 1.54) is 11.1 Å². The van der Waals surface area contributed by atoms with Crippen LogP contribution in [-0.4, -0.2) is 0 Å². The van der Waals surface area contributed by atoms with Crippen molar-refractivity contribution in [2.75, 3.05) is 0 Å². The van der Waals surface area contributed by atoms with E-state index in [2.05, 4.69) is 38.1 Å². The van der Waals surface area contributed by atoms with Crippen LogP contribution in [0.25, 0.3) is 0 Å². The summed E-state index contributed by atoms with van der Waals surface area (Å²) < 4.78 is 13.0. The van der Waals surface area contributed by atoms with Crippen LogP contribution in [0.1, 0.15) is 37.3 Å². The van der Waals surface area contributed by atoms with Crippen molar-refractivity contribution in [3.8, 4) is 0 Å². The zero-order valence-corrected chi connectivity index (χ0v) is 10.9. The molecule has 0 aliphatic carbocycles. The Balaban J connectivity index is 2.40. The monoisotopic (exact) mass is 242 g/mol. The van der Waals surface area contributed by atoms with E-state index in [0.717, 1.165) is 6.42 Å². The van der Waals surface area contributed by atoms with E-state index < -0.39 is 0 Å². The van der Waals surface area contributed by atoms with E-state index in [0.29, 0.717) is 11.8 Å². The summed E-state index contributed by atoms with van der Waals surface area (Å²) in [5, 5.41) is 0. The van der Waals surface area contributed by atoms with Gasteiger partial charge in [-0.15, -0.1) is 0 Å². The lowest BCUT2D eigenvalue weighted by Gasteiger charge is -2.24. The first-order chi connectivity index (χ1) is 8.72. The zero-order chi connectivity index (χ0) is 13.0. The summed E-state index contributed by atoms with van der Waals surface area (Å²) in [6.45, 7) is 4.45. The van der Waals surface area contributed by atoms with Crippen molar-refractivity contribution in [3.63, 3.8) is 0 Å². The Bertz CT molecular complexity index is 473. The van der Waals surface area contributed by atoms with E-state index >= 15 is 0 Å². The van der Waals surface area contributed by atoms with Crippen molar-refractivity contribution in [1.82, 2.24) is 0 Å². The first-order valence-electron chi connectivity index (χ1n) is 6.52. The Morgan fingerprint density at radius 1 is 0.889 bits per heavy atom. The summed E-state index contributed by atoms with van der Waals surface area (Å²) in [6.07, 6.45) is 1.11. The molecule has 94 valence electrons. The highest BCUT2D eigenvalue weighted by atomic mass is 19.1. The van der Waals surface area contributed by atoms with E-state index in [4.69, 9.17) is 0 Å². The highest BCUT2D eigenvalue weighted by Crippen LogP contribution is 2.33. The summed E-state index contributed by atoms with van der Waals surface area (Å²) in [4.78, 5) is 0. The van der Waals surface area contributed by atoms with Crippen LogP contribution in [0.15, 0.2) is 54.6 Å². The molecule has 2 rings (SSSR count). The Morgan fingerprint density at radius 2 is 1.44 bits per heavy atom.